The molecule has 0 bridgehead atoms. The Kier molecular flexibility index (Phi) is 5.65. The van der Waals surface area contributed by atoms with Gasteiger partial charge in [-0.2, -0.15) is 0 Å². The average molecular weight is 276 g/mol. The fraction of sp³-hybridized carbons (Fsp3) is 0.267. The zero-order valence-corrected chi connectivity index (χ0v) is 11.6. The molecular weight excluding hydrogens is 260 g/mol. The molecule has 0 unspecified atom stereocenters. The number of hydrogen-bond donors (Lipinski definition) is 0. The smallest absolute Gasteiger partial charge is 0.341 e. The lowest BCUT2D eigenvalue weighted by molar-refractivity contribution is -0.139. The van der Waals surface area contributed by atoms with Crippen LogP contribution in [0.3, 0.4) is 0 Å². The van der Waals surface area contributed by atoms with Gasteiger partial charge in [-0.1, -0.05) is 12.1 Å². The van der Waals surface area contributed by atoms with Gasteiger partial charge in [0.2, 0.25) is 0 Å². The highest BCUT2D eigenvalue weighted by Gasteiger charge is 2.15. The van der Waals surface area contributed by atoms with Crippen molar-refractivity contribution in [3.63, 3.8) is 0 Å². The third-order valence-electron chi connectivity index (χ3n) is 2.52. The quantitative estimate of drug-likeness (QED) is 0.356. The van der Waals surface area contributed by atoms with Crippen molar-refractivity contribution in [1.82, 2.24) is 0 Å². The molecular formula is C15H16O5. The van der Waals surface area contributed by atoms with E-state index in [4.69, 9.17) is 4.74 Å². The first-order chi connectivity index (χ1) is 9.49. The monoisotopic (exact) mass is 276 g/mol. The second-order valence-corrected chi connectivity index (χ2v) is 3.95. The van der Waals surface area contributed by atoms with Gasteiger partial charge in [0.1, 0.15) is 5.57 Å². The van der Waals surface area contributed by atoms with Crippen LogP contribution in [0.15, 0.2) is 29.8 Å². The van der Waals surface area contributed by atoms with Crippen molar-refractivity contribution in [2.45, 2.75) is 13.8 Å². The minimum atomic E-state index is -0.656. The van der Waals surface area contributed by atoms with Crippen LogP contribution < -0.4 is 0 Å². The topological polar surface area (TPSA) is 69.7 Å². The van der Waals surface area contributed by atoms with Gasteiger partial charge in [-0.25, -0.2) is 9.59 Å². The minimum absolute atomic E-state index is 0.0299. The van der Waals surface area contributed by atoms with Crippen molar-refractivity contribution in [1.29, 1.82) is 0 Å². The molecule has 106 valence electrons. The number of hydrogen-bond acceptors (Lipinski definition) is 5. The maximum absolute atomic E-state index is 11.6. The van der Waals surface area contributed by atoms with E-state index >= 15 is 0 Å². The predicted octanol–water partition coefficient (Wildman–Crippen LogP) is 2.01. The summed E-state index contributed by atoms with van der Waals surface area (Å²) in [6.45, 7) is 3.16. The summed E-state index contributed by atoms with van der Waals surface area (Å²) < 4.78 is 9.40. The van der Waals surface area contributed by atoms with E-state index in [1.807, 2.05) is 0 Å². The molecule has 1 aromatic carbocycles. The number of ketones is 1. The molecule has 0 aromatic heterocycles. The largest absolute Gasteiger partial charge is 0.465 e. The minimum Gasteiger partial charge on any atom is -0.465 e. The molecule has 5 heteroatoms. The van der Waals surface area contributed by atoms with Crippen molar-refractivity contribution in [3.05, 3.63) is 41.0 Å². The van der Waals surface area contributed by atoms with Gasteiger partial charge in [0.05, 0.1) is 19.3 Å². The number of carbonyl (C=O) groups excluding carboxylic acids is 3. The van der Waals surface area contributed by atoms with Crippen LogP contribution in [0.1, 0.15) is 29.8 Å². The van der Waals surface area contributed by atoms with Gasteiger partial charge >= 0.3 is 11.9 Å². The number of esters is 2. The lowest BCUT2D eigenvalue weighted by Gasteiger charge is -2.04. The third kappa shape index (κ3) is 4.05. The molecule has 0 aliphatic carbocycles. The van der Waals surface area contributed by atoms with E-state index < -0.39 is 11.9 Å². The Hall–Kier alpha value is -2.43. The molecule has 0 saturated heterocycles. The van der Waals surface area contributed by atoms with Crippen molar-refractivity contribution < 1.29 is 23.9 Å². The van der Waals surface area contributed by atoms with Crippen molar-refractivity contribution >= 4 is 23.8 Å². The summed E-state index contributed by atoms with van der Waals surface area (Å²) in [4.78, 5) is 34.4. The molecule has 0 saturated carbocycles. The molecule has 0 spiro atoms. The SMILES string of the molecule is CCOC(=O)C(=Cc1ccc(C(=O)OC)cc1)C(C)=O. The summed E-state index contributed by atoms with van der Waals surface area (Å²) in [6, 6.07) is 6.35. The number of Topliss-reactive ketones (excluding diaryl/α,β-unsaturated/α-hetero) is 1. The highest BCUT2D eigenvalue weighted by molar-refractivity contribution is 6.19. The van der Waals surface area contributed by atoms with Crippen LogP contribution >= 0.6 is 0 Å². The first kappa shape index (κ1) is 15.6. The number of carbonyl (C=O) groups is 3. The highest BCUT2D eigenvalue weighted by atomic mass is 16.5. The number of ether oxygens (including phenoxy) is 2. The fourth-order valence-electron chi connectivity index (χ4n) is 1.51. The van der Waals surface area contributed by atoms with Crippen LogP contribution in [-0.4, -0.2) is 31.4 Å². The highest BCUT2D eigenvalue weighted by Crippen LogP contribution is 2.12. The molecule has 5 nitrogen and oxygen atoms in total. The number of rotatable bonds is 5. The number of methoxy groups -OCH3 is 1. The van der Waals surface area contributed by atoms with E-state index in [2.05, 4.69) is 4.74 Å². The van der Waals surface area contributed by atoms with Gasteiger partial charge in [-0.05, 0) is 37.6 Å². The summed E-state index contributed by atoms with van der Waals surface area (Å²) in [5.41, 5.74) is 0.985. The van der Waals surface area contributed by atoms with Gasteiger partial charge in [0, 0.05) is 0 Å². The van der Waals surface area contributed by atoms with Crippen LogP contribution in [0.2, 0.25) is 0 Å². The zero-order valence-electron chi connectivity index (χ0n) is 11.6. The molecule has 0 radical (unpaired) electrons. The van der Waals surface area contributed by atoms with Crippen LogP contribution in [0.25, 0.3) is 6.08 Å². The van der Waals surface area contributed by atoms with Gasteiger partial charge in [0.25, 0.3) is 0 Å². The number of benzene rings is 1. The Morgan fingerprint density at radius 3 is 2.20 bits per heavy atom. The van der Waals surface area contributed by atoms with Gasteiger partial charge < -0.3 is 9.47 Å². The van der Waals surface area contributed by atoms with Gasteiger partial charge in [0.15, 0.2) is 5.78 Å². The van der Waals surface area contributed by atoms with Crippen molar-refractivity contribution in [2.75, 3.05) is 13.7 Å². The zero-order chi connectivity index (χ0) is 15.1. The molecule has 1 rings (SSSR count). The van der Waals surface area contributed by atoms with Gasteiger partial charge in [-0.15, -0.1) is 0 Å². The van der Waals surface area contributed by atoms with Crippen molar-refractivity contribution in [2.24, 2.45) is 0 Å². The summed E-state index contributed by atoms with van der Waals surface area (Å²) in [7, 11) is 1.30. The van der Waals surface area contributed by atoms with E-state index in [9.17, 15) is 14.4 Å². The average Bonchev–Trinajstić information content (AvgIpc) is 2.44. The predicted molar refractivity (Wildman–Crippen MR) is 73.1 cm³/mol. The van der Waals surface area contributed by atoms with E-state index in [1.165, 1.54) is 20.1 Å². The molecule has 0 aliphatic rings. The van der Waals surface area contributed by atoms with E-state index in [0.717, 1.165) is 0 Å². The Morgan fingerprint density at radius 2 is 1.75 bits per heavy atom. The second-order valence-electron chi connectivity index (χ2n) is 3.95. The third-order valence-corrected chi connectivity index (χ3v) is 2.52. The first-order valence-corrected chi connectivity index (χ1v) is 6.07. The van der Waals surface area contributed by atoms with Crippen LogP contribution in [-0.2, 0) is 19.1 Å². The van der Waals surface area contributed by atoms with Crippen LogP contribution in [0, 0.1) is 0 Å². The lowest BCUT2D eigenvalue weighted by atomic mass is 10.1. The summed E-state index contributed by atoms with van der Waals surface area (Å²) >= 11 is 0. The molecule has 20 heavy (non-hydrogen) atoms. The Balaban J connectivity index is 3.03. The molecule has 0 aliphatic heterocycles. The lowest BCUT2D eigenvalue weighted by Crippen LogP contribution is -2.13. The Bertz CT molecular complexity index is 540. The molecule has 0 amide bonds. The Labute approximate surface area is 117 Å². The van der Waals surface area contributed by atoms with Gasteiger partial charge in [-0.3, -0.25) is 4.79 Å². The summed E-state index contributed by atoms with van der Waals surface area (Å²) in [6.07, 6.45) is 1.43. The second kappa shape index (κ2) is 7.23. The maximum atomic E-state index is 11.6. The van der Waals surface area contributed by atoms with E-state index in [-0.39, 0.29) is 18.0 Å². The molecule has 0 fully saturated rings. The van der Waals surface area contributed by atoms with Crippen LogP contribution in [0.5, 0.6) is 0 Å². The summed E-state index contributed by atoms with van der Waals surface area (Å²) in [5.74, 6) is -1.48. The van der Waals surface area contributed by atoms with Crippen molar-refractivity contribution in [3.8, 4) is 0 Å². The molecule has 0 N–H and O–H groups in total. The van der Waals surface area contributed by atoms with E-state index in [1.54, 1.807) is 31.2 Å². The summed E-state index contributed by atoms with van der Waals surface area (Å²) in [5, 5.41) is 0. The fourth-order valence-corrected chi connectivity index (χ4v) is 1.51. The standard InChI is InChI=1S/C15H16O5/c1-4-20-15(18)13(10(2)16)9-11-5-7-12(8-6-11)14(17)19-3/h5-9H,4H2,1-3H3. The molecule has 0 atom stereocenters. The normalized spacial score (nSPS) is 10.8. The Morgan fingerprint density at radius 1 is 1.15 bits per heavy atom. The maximum Gasteiger partial charge on any atom is 0.341 e. The molecule has 0 heterocycles. The molecule has 1 aromatic rings. The van der Waals surface area contributed by atoms with Crippen LogP contribution in [0.4, 0.5) is 0 Å². The van der Waals surface area contributed by atoms with E-state index in [0.29, 0.717) is 11.1 Å². The first-order valence-electron chi connectivity index (χ1n) is 6.07.